The minimum absolute atomic E-state index is 0.153. The molecule has 4 nitrogen and oxygen atoms in total. The molecule has 2 rings (SSSR count). The Hall–Kier alpha value is -0.940. The third-order valence-corrected chi connectivity index (χ3v) is 2.39. The third kappa shape index (κ3) is 1.00. The summed E-state index contributed by atoms with van der Waals surface area (Å²) >= 11 is 0. The van der Waals surface area contributed by atoms with Crippen LogP contribution in [0.1, 0.15) is 11.1 Å². The first-order valence-electron chi connectivity index (χ1n) is 3.93. The summed E-state index contributed by atoms with van der Waals surface area (Å²) in [6.45, 7) is 0. The van der Waals surface area contributed by atoms with Crippen molar-refractivity contribution in [3.05, 3.63) is 35.4 Å². The van der Waals surface area contributed by atoms with E-state index in [1.165, 1.54) is 6.07 Å². The number of aliphatic hydroxyl groups is 4. The highest BCUT2D eigenvalue weighted by Crippen LogP contribution is 2.40. The fraction of sp³-hybridized carbons (Fsp3) is 0.333. The van der Waals surface area contributed by atoms with Gasteiger partial charge in [0.15, 0.2) is 0 Å². The van der Waals surface area contributed by atoms with Gasteiger partial charge in [0.1, 0.15) is 0 Å². The molecular weight excluding hydrogens is 172 g/mol. The van der Waals surface area contributed by atoms with Crippen molar-refractivity contribution in [3.8, 4) is 0 Å². The molecule has 0 spiro atoms. The van der Waals surface area contributed by atoms with Crippen LogP contribution in [0.3, 0.4) is 0 Å². The van der Waals surface area contributed by atoms with E-state index in [0.717, 1.165) is 0 Å². The number of benzene rings is 1. The van der Waals surface area contributed by atoms with E-state index in [9.17, 15) is 20.4 Å². The van der Waals surface area contributed by atoms with Gasteiger partial charge < -0.3 is 20.4 Å². The van der Waals surface area contributed by atoms with E-state index in [1.807, 2.05) is 0 Å². The predicted molar refractivity (Wildman–Crippen MR) is 43.4 cm³/mol. The Balaban J connectivity index is 2.60. The van der Waals surface area contributed by atoms with Crippen molar-refractivity contribution in [2.75, 3.05) is 0 Å². The third-order valence-electron chi connectivity index (χ3n) is 2.39. The number of hydrogen-bond acceptors (Lipinski definition) is 4. The Kier molecular flexibility index (Phi) is 1.53. The van der Waals surface area contributed by atoms with Crippen LogP contribution in [-0.4, -0.2) is 26.2 Å². The van der Waals surface area contributed by atoms with E-state index in [4.69, 9.17) is 0 Å². The lowest BCUT2D eigenvalue weighted by molar-refractivity contribution is -0.355. The largest absolute Gasteiger partial charge is 0.361 e. The molecule has 1 aromatic rings. The first kappa shape index (κ1) is 8.65. The Morgan fingerprint density at radius 1 is 1.00 bits per heavy atom. The van der Waals surface area contributed by atoms with E-state index in [0.29, 0.717) is 5.56 Å². The standard InChI is InChI=1S/C9H10O4/c10-8(11)5-6-3-1-2-4-7(6)9(8,12)13/h1-4,10-13H,5H2. The van der Waals surface area contributed by atoms with E-state index in [1.54, 1.807) is 18.2 Å². The van der Waals surface area contributed by atoms with Crippen LogP contribution in [0.15, 0.2) is 24.3 Å². The number of fused-ring (bicyclic) bond motifs is 1. The van der Waals surface area contributed by atoms with Crippen LogP contribution < -0.4 is 0 Å². The van der Waals surface area contributed by atoms with E-state index < -0.39 is 11.6 Å². The monoisotopic (exact) mass is 182 g/mol. The molecule has 0 aromatic heterocycles. The average molecular weight is 182 g/mol. The zero-order valence-corrected chi connectivity index (χ0v) is 6.81. The topological polar surface area (TPSA) is 80.9 Å². The molecule has 0 unspecified atom stereocenters. The Morgan fingerprint density at radius 3 is 2.23 bits per heavy atom. The van der Waals surface area contributed by atoms with Crippen molar-refractivity contribution in [1.82, 2.24) is 0 Å². The minimum Gasteiger partial charge on any atom is -0.361 e. The molecule has 0 saturated carbocycles. The molecule has 0 fully saturated rings. The van der Waals surface area contributed by atoms with Gasteiger partial charge in [0.05, 0.1) is 0 Å². The van der Waals surface area contributed by atoms with Crippen molar-refractivity contribution < 1.29 is 20.4 Å². The molecule has 0 atom stereocenters. The van der Waals surface area contributed by atoms with Crippen molar-refractivity contribution in [2.24, 2.45) is 0 Å². The fourth-order valence-electron chi connectivity index (χ4n) is 1.62. The summed E-state index contributed by atoms with van der Waals surface area (Å²) < 4.78 is 0. The average Bonchev–Trinajstić information content (AvgIpc) is 2.20. The van der Waals surface area contributed by atoms with Crippen molar-refractivity contribution in [3.63, 3.8) is 0 Å². The second-order valence-corrected chi connectivity index (χ2v) is 3.32. The quantitative estimate of drug-likeness (QED) is 0.390. The summed E-state index contributed by atoms with van der Waals surface area (Å²) in [6, 6.07) is 6.41. The highest BCUT2D eigenvalue weighted by molar-refractivity contribution is 5.38. The molecule has 0 aliphatic heterocycles. The highest BCUT2D eigenvalue weighted by atomic mass is 16.6. The lowest BCUT2D eigenvalue weighted by Gasteiger charge is -2.28. The van der Waals surface area contributed by atoms with Gasteiger partial charge >= 0.3 is 0 Å². The summed E-state index contributed by atoms with van der Waals surface area (Å²) in [5, 5.41) is 37.5. The normalized spacial score (nSPS) is 22.8. The molecular formula is C9H10O4. The summed E-state index contributed by atoms with van der Waals surface area (Å²) in [5.74, 6) is -5.06. The van der Waals surface area contributed by atoms with Crippen LogP contribution in [0, 0.1) is 0 Å². The number of hydrogen-bond donors (Lipinski definition) is 4. The molecule has 0 bridgehead atoms. The Morgan fingerprint density at radius 2 is 1.62 bits per heavy atom. The molecule has 4 N–H and O–H groups in total. The van der Waals surface area contributed by atoms with Crippen molar-refractivity contribution in [1.29, 1.82) is 0 Å². The van der Waals surface area contributed by atoms with Crippen LogP contribution >= 0.6 is 0 Å². The lowest BCUT2D eigenvalue weighted by Crippen LogP contribution is -2.48. The molecule has 0 amide bonds. The van der Waals surface area contributed by atoms with Gasteiger partial charge in [-0.05, 0) is 5.56 Å². The first-order valence-corrected chi connectivity index (χ1v) is 3.93. The molecule has 13 heavy (non-hydrogen) atoms. The molecule has 1 aliphatic rings. The summed E-state index contributed by atoms with van der Waals surface area (Å²) in [5.41, 5.74) is 0.692. The Bertz CT molecular complexity index is 343. The van der Waals surface area contributed by atoms with Gasteiger partial charge in [-0.1, -0.05) is 24.3 Å². The summed E-state index contributed by atoms with van der Waals surface area (Å²) in [6.07, 6.45) is -0.170. The van der Waals surface area contributed by atoms with Gasteiger partial charge in [0.25, 0.3) is 0 Å². The van der Waals surface area contributed by atoms with Crippen LogP contribution in [0.5, 0.6) is 0 Å². The predicted octanol–water partition coefficient (Wildman–Crippen LogP) is -0.939. The van der Waals surface area contributed by atoms with Crippen molar-refractivity contribution >= 4 is 0 Å². The Labute approximate surface area is 74.7 Å². The van der Waals surface area contributed by atoms with Gasteiger partial charge in [0.2, 0.25) is 11.6 Å². The highest BCUT2D eigenvalue weighted by Gasteiger charge is 2.54. The van der Waals surface area contributed by atoms with E-state index in [2.05, 4.69) is 0 Å². The summed E-state index contributed by atoms with van der Waals surface area (Å²) in [4.78, 5) is 0. The zero-order chi connectivity index (χ0) is 9.69. The zero-order valence-electron chi connectivity index (χ0n) is 6.81. The maximum absolute atomic E-state index is 9.43. The molecule has 1 aliphatic carbocycles. The van der Waals surface area contributed by atoms with E-state index in [-0.39, 0.29) is 12.0 Å². The van der Waals surface area contributed by atoms with Gasteiger partial charge in [-0.25, -0.2) is 0 Å². The molecule has 4 heteroatoms. The number of rotatable bonds is 0. The van der Waals surface area contributed by atoms with Crippen LogP contribution in [0.4, 0.5) is 0 Å². The maximum atomic E-state index is 9.43. The van der Waals surface area contributed by atoms with Crippen molar-refractivity contribution in [2.45, 2.75) is 18.0 Å². The van der Waals surface area contributed by atoms with Gasteiger partial charge in [-0.2, -0.15) is 0 Å². The second-order valence-electron chi connectivity index (χ2n) is 3.32. The molecule has 70 valence electrons. The molecule has 0 heterocycles. The van der Waals surface area contributed by atoms with Gasteiger partial charge in [0, 0.05) is 12.0 Å². The van der Waals surface area contributed by atoms with Crippen LogP contribution in [-0.2, 0) is 12.2 Å². The maximum Gasteiger partial charge on any atom is 0.246 e. The minimum atomic E-state index is -2.57. The first-order chi connectivity index (χ1) is 5.95. The molecule has 0 saturated heterocycles. The molecule has 0 radical (unpaired) electrons. The second kappa shape index (κ2) is 2.30. The van der Waals surface area contributed by atoms with Crippen LogP contribution in [0.2, 0.25) is 0 Å². The van der Waals surface area contributed by atoms with Crippen LogP contribution in [0.25, 0.3) is 0 Å². The SMILES string of the molecule is OC1(O)Cc2ccccc2C1(O)O. The smallest absolute Gasteiger partial charge is 0.246 e. The van der Waals surface area contributed by atoms with Gasteiger partial charge in [-0.3, -0.25) is 0 Å². The van der Waals surface area contributed by atoms with E-state index >= 15 is 0 Å². The lowest BCUT2D eigenvalue weighted by atomic mass is 10.1. The fourth-order valence-corrected chi connectivity index (χ4v) is 1.62. The summed E-state index contributed by atoms with van der Waals surface area (Å²) in [7, 11) is 0. The van der Waals surface area contributed by atoms with Gasteiger partial charge in [-0.15, -0.1) is 0 Å². The molecule has 1 aromatic carbocycles.